The lowest BCUT2D eigenvalue weighted by atomic mass is 10.2. The van der Waals surface area contributed by atoms with Crippen molar-refractivity contribution in [2.45, 2.75) is 31.7 Å². The maximum atomic E-state index is 13.1. The van der Waals surface area contributed by atoms with E-state index in [4.69, 9.17) is 0 Å². The predicted octanol–water partition coefficient (Wildman–Crippen LogP) is 2.95. The van der Waals surface area contributed by atoms with Gasteiger partial charge in [-0.2, -0.15) is 5.10 Å². The first-order valence-corrected chi connectivity index (χ1v) is 7.48. The van der Waals surface area contributed by atoms with Gasteiger partial charge >= 0.3 is 0 Å². The molecule has 1 heterocycles. The molecule has 0 spiro atoms. The highest BCUT2D eigenvalue weighted by molar-refractivity contribution is 5.92. The minimum Gasteiger partial charge on any atom is -0.506 e. The number of alkyl halides is 2. The van der Waals surface area contributed by atoms with E-state index in [2.05, 4.69) is 10.4 Å². The van der Waals surface area contributed by atoms with Crippen molar-refractivity contribution in [3.8, 4) is 5.75 Å². The molecule has 0 aliphatic heterocycles. The van der Waals surface area contributed by atoms with Crippen molar-refractivity contribution in [1.29, 1.82) is 0 Å². The molecule has 8 nitrogen and oxygen atoms in total. The van der Waals surface area contributed by atoms with E-state index in [1.807, 2.05) is 0 Å². The fraction of sp³-hybridized carbons (Fsp3) is 0.333. The molecule has 1 aliphatic rings. The summed E-state index contributed by atoms with van der Waals surface area (Å²) < 4.78 is 27.1. The van der Waals surface area contributed by atoms with E-state index >= 15 is 0 Å². The molecule has 1 amide bonds. The quantitative estimate of drug-likeness (QED) is 0.472. The normalized spacial score (nSPS) is 13.9. The molecule has 0 saturated heterocycles. The number of hydrogen-bond donors (Lipinski definition) is 2. The molecule has 3 rings (SSSR count). The fourth-order valence-electron chi connectivity index (χ4n) is 2.40. The van der Waals surface area contributed by atoms with Crippen LogP contribution in [0.4, 0.5) is 20.2 Å². The maximum Gasteiger partial charge on any atom is 0.280 e. The van der Waals surface area contributed by atoms with E-state index in [1.165, 1.54) is 6.07 Å². The van der Waals surface area contributed by atoms with Crippen LogP contribution < -0.4 is 5.32 Å². The number of non-ortho nitro benzene ring substituents is 1. The summed E-state index contributed by atoms with van der Waals surface area (Å²) in [7, 11) is 0. The number of nitro benzene ring substituents is 1. The third-order valence-corrected chi connectivity index (χ3v) is 3.81. The van der Waals surface area contributed by atoms with Crippen LogP contribution in [0.3, 0.4) is 0 Å². The number of hydrogen-bond acceptors (Lipinski definition) is 5. The zero-order valence-electron chi connectivity index (χ0n) is 12.9. The summed E-state index contributed by atoms with van der Waals surface area (Å²) in [5.74, 6) is -0.946. The number of halogens is 2. The second-order valence-electron chi connectivity index (χ2n) is 5.73. The van der Waals surface area contributed by atoms with Crippen LogP contribution in [0, 0.1) is 10.1 Å². The largest absolute Gasteiger partial charge is 0.506 e. The van der Waals surface area contributed by atoms with Crippen LogP contribution >= 0.6 is 0 Å². The van der Waals surface area contributed by atoms with Crippen molar-refractivity contribution >= 4 is 17.3 Å². The highest BCUT2D eigenvalue weighted by Crippen LogP contribution is 2.40. The number of benzene rings is 1. The lowest BCUT2D eigenvalue weighted by Crippen LogP contribution is -2.21. The molecule has 1 aliphatic carbocycles. The number of carbonyl (C=O) groups is 1. The Morgan fingerprint density at radius 2 is 2.16 bits per heavy atom. The SMILES string of the molecule is O=C(Cn1nc(C2CC2)cc1C(F)F)Nc1cc([N+](=O)[O-])ccc1O. The van der Waals surface area contributed by atoms with Gasteiger partial charge in [-0.1, -0.05) is 0 Å². The summed E-state index contributed by atoms with van der Waals surface area (Å²) in [5, 5.41) is 26.8. The van der Waals surface area contributed by atoms with Crippen molar-refractivity contribution < 1.29 is 23.6 Å². The zero-order valence-corrected chi connectivity index (χ0v) is 12.9. The van der Waals surface area contributed by atoms with Crippen molar-refractivity contribution in [3.63, 3.8) is 0 Å². The Kier molecular flexibility index (Phi) is 4.34. The van der Waals surface area contributed by atoms with Gasteiger partial charge in [0.25, 0.3) is 12.1 Å². The van der Waals surface area contributed by atoms with Crippen LogP contribution in [-0.2, 0) is 11.3 Å². The first kappa shape index (κ1) is 16.8. The van der Waals surface area contributed by atoms with Crippen LogP contribution in [0.25, 0.3) is 0 Å². The number of nitrogens with zero attached hydrogens (tertiary/aromatic N) is 3. The predicted molar refractivity (Wildman–Crippen MR) is 82.5 cm³/mol. The highest BCUT2D eigenvalue weighted by Gasteiger charge is 2.29. The topological polar surface area (TPSA) is 110 Å². The monoisotopic (exact) mass is 352 g/mol. The molecule has 1 aromatic heterocycles. The molecule has 132 valence electrons. The summed E-state index contributed by atoms with van der Waals surface area (Å²) in [4.78, 5) is 22.2. The van der Waals surface area contributed by atoms with Crippen molar-refractivity contribution in [2.75, 3.05) is 5.32 Å². The number of phenolic OH excluding ortho intramolecular Hbond substituents is 1. The second kappa shape index (κ2) is 6.46. The van der Waals surface area contributed by atoms with Crippen LogP contribution in [0.5, 0.6) is 5.75 Å². The summed E-state index contributed by atoms with van der Waals surface area (Å²) in [6.07, 6.45) is -1.01. The third-order valence-electron chi connectivity index (χ3n) is 3.81. The van der Waals surface area contributed by atoms with Gasteiger partial charge in [0.1, 0.15) is 18.0 Å². The number of carbonyl (C=O) groups excluding carboxylic acids is 1. The van der Waals surface area contributed by atoms with Crippen LogP contribution in [-0.4, -0.2) is 25.7 Å². The molecule has 0 atom stereocenters. The number of amides is 1. The minimum absolute atomic E-state index is 0.155. The highest BCUT2D eigenvalue weighted by atomic mass is 19.3. The van der Waals surface area contributed by atoms with E-state index in [1.54, 1.807) is 0 Å². The molecular weight excluding hydrogens is 338 g/mol. The third kappa shape index (κ3) is 3.73. The van der Waals surface area contributed by atoms with Gasteiger partial charge < -0.3 is 10.4 Å². The summed E-state index contributed by atoms with van der Waals surface area (Å²) in [6, 6.07) is 4.42. The Balaban J connectivity index is 1.77. The Labute approximate surface area is 140 Å². The molecule has 25 heavy (non-hydrogen) atoms. The summed E-state index contributed by atoms with van der Waals surface area (Å²) in [6.45, 7) is -0.492. The first-order valence-electron chi connectivity index (χ1n) is 7.48. The summed E-state index contributed by atoms with van der Waals surface area (Å²) >= 11 is 0. The molecule has 1 fully saturated rings. The van der Waals surface area contributed by atoms with Crippen molar-refractivity contribution in [3.05, 3.63) is 45.8 Å². The number of phenols is 1. The number of nitro groups is 1. The van der Waals surface area contributed by atoms with E-state index < -0.39 is 23.8 Å². The molecule has 1 aromatic carbocycles. The van der Waals surface area contributed by atoms with E-state index in [0.29, 0.717) is 5.69 Å². The smallest absolute Gasteiger partial charge is 0.280 e. The fourth-order valence-corrected chi connectivity index (χ4v) is 2.40. The molecule has 10 heteroatoms. The summed E-state index contributed by atoms with van der Waals surface area (Å²) in [5.41, 5.74) is -0.328. The lowest BCUT2D eigenvalue weighted by molar-refractivity contribution is -0.384. The van der Waals surface area contributed by atoms with E-state index in [0.717, 1.165) is 35.7 Å². The van der Waals surface area contributed by atoms with Gasteiger partial charge in [-0.15, -0.1) is 0 Å². The van der Waals surface area contributed by atoms with Gasteiger partial charge in [0.2, 0.25) is 5.91 Å². The molecular formula is C15H14F2N4O4. The van der Waals surface area contributed by atoms with Gasteiger partial charge in [0.05, 0.1) is 16.3 Å². The standard InChI is InChI=1S/C15H14F2N4O4/c16-15(17)12-6-10(8-1-2-8)19-20(12)7-14(23)18-11-5-9(21(24)25)3-4-13(11)22/h3-6,8,15,22H,1-2,7H2,(H,18,23). The number of rotatable bonds is 6. The van der Waals surface area contributed by atoms with Gasteiger partial charge in [-0.3, -0.25) is 19.6 Å². The van der Waals surface area contributed by atoms with E-state index in [9.17, 15) is 28.8 Å². The van der Waals surface area contributed by atoms with Crippen LogP contribution in [0.2, 0.25) is 0 Å². The molecule has 0 bridgehead atoms. The molecule has 1 saturated carbocycles. The number of aromatic nitrogens is 2. The first-order chi connectivity index (χ1) is 11.8. The number of aromatic hydroxyl groups is 1. The minimum atomic E-state index is -2.78. The van der Waals surface area contributed by atoms with Crippen molar-refractivity contribution in [1.82, 2.24) is 9.78 Å². The Morgan fingerprint density at radius 3 is 2.76 bits per heavy atom. The Bertz CT molecular complexity index is 833. The molecule has 0 unspecified atom stereocenters. The average Bonchev–Trinajstić information content (AvgIpc) is 3.30. The Hall–Kier alpha value is -3.04. The number of nitrogens with one attached hydrogen (secondary N) is 1. The molecule has 2 N–H and O–H groups in total. The lowest BCUT2D eigenvalue weighted by Gasteiger charge is -2.09. The van der Waals surface area contributed by atoms with Gasteiger partial charge in [-0.05, 0) is 25.0 Å². The van der Waals surface area contributed by atoms with Gasteiger partial charge in [0, 0.05) is 18.1 Å². The Morgan fingerprint density at radius 1 is 1.44 bits per heavy atom. The van der Waals surface area contributed by atoms with Crippen LogP contribution in [0.15, 0.2) is 24.3 Å². The average molecular weight is 352 g/mol. The van der Waals surface area contributed by atoms with Gasteiger partial charge in [-0.25, -0.2) is 8.78 Å². The van der Waals surface area contributed by atoms with Crippen LogP contribution in [0.1, 0.15) is 36.6 Å². The molecule has 2 aromatic rings. The second-order valence-corrected chi connectivity index (χ2v) is 5.73. The maximum absolute atomic E-state index is 13.1. The van der Waals surface area contributed by atoms with E-state index in [-0.39, 0.29) is 28.7 Å². The molecule has 0 radical (unpaired) electrons. The zero-order chi connectivity index (χ0) is 18.1. The number of anilines is 1. The van der Waals surface area contributed by atoms with Gasteiger partial charge in [0.15, 0.2) is 0 Å². The van der Waals surface area contributed by atoms with Crippen molar-refractivity contribution in [2.24, 2.45) is 0 Å².